The van der Waals surface area contributed by atoms with E-state index in [0.29, 0.717) is 67.2 Å². The fourth-order valence-corrected chi connectivity index (χ4v) is 5.86. The van der Waals surface area contributed by atoms with E-state index >= 15 is 8.78 Å². The number of likely N-dealkylation sites (tertiary alicyclic amines) is 1. The molecular formula is C27H30F2N6O4. The second-order valence-corrected chi connectivity index (χ2v) is 10.2. The molecule has 10 nitrogen and oxygen atoms in total. The first-order chi connectivity index (χ1) is 18.8. The van der Waals surface area contributed by atoms with Crippen molar-refractivity contribution >= 4 is 34.1 Å². The van der Waals surface area contributed by atoms with E-state index in [-0.39, 0.29) is 29.7 Å². The molecule has 3 atom stereocenters. The first kappa shape index (κ1) is 25.5. The maximum absolute atomic E-state index is 15.5. The third kappa shape index (κ3) is 4.47. The molecule has 4 N–H and O–H groups in total. The molecule has 5 heterocycles. The van der Waals surface area contributed by atoms with Crippen LogP contribution in [0.15, 0.2) is 24.5 Å². The molecule has 0 bridgehead atoms. The number of halogens is 2. The molecule has 39 heavy (non-hydrogen) atoms. The van der Waals surface area contributed by atoms with Crippen LogP contribution in [-0.2, 0) is 4.74 Å². The standard InChI is InChI=1S/C27H30F2N6O4/c1-14-18(10-33-26-25(14)31-4-7-39-26)17-8-15-9-22(32-11-19(15)24(30)23(17)29)35(27(36)37)21-2-5-34(12-20(21)28)16-3-6-38-13-16/h8-11,16,20-21,31H,2-7,12-13,30H2,1H3,(H,36,37)/t16-,20-,21+/m1/s1. The molecule has 0 radical (unpaired) electrons. The van der Waals surface area contributed by atoms with Crippen molar-refractivity contribution in [2.45, 2.75) is 38.0 Å². The molecular weight excluding hydrogens is 510 g/mol. The molecule has 2 aromatic heterocycles. The van der Waals surface area contributed by atoms with E-state index in [9.17, 15) is 9.90 Å². The Balaban J connectivity index is 1.36. The fourth-order valence-electron chi connectivity index (χ4n) is 5.86. The number of hydrogen-bond donors (Lipinski definition) is 3. The Labute approximate surface area is 223 Å². The zero-order valence-corrected chi connectivity index (χ0v) is 21.5. The zero-order valence-electron chi connectivity index (χ0n) is 21.5. The van der Waals surface area contributed by atoms with Gasteiger partial charge in [0.15, 0.2) is 5.82 Å². The van der Waals surface area contributed by atoms with Gasteiger partial charge in [0.2, 0.25) is 5.88 Å². The van der Waals surface area contributed by atoms with E-state index < -0.39 is 24.1 Å². The minimum Gasteiger partial charge on any atom is -0.474 e. The van der Waals surface area contributed by atoms with Crippen LogP contribution in [0.2, 0.25) is 0 Å². The van der Waals surface area contributed by atoms with Gasteiger partial charge in [-0.2, -0.15) is 0 Å². The summed E-state index contributed by atoms with van der Waals surface area (Å²) in [5.41, 5.74) is 8.26. The summed E-state index contributed by atoms with van der Waals surface area (Å²) in [5, 5.41) is 14.2. The number of fused-ring (bicyclic) bond motifs is 2. The highest BCUT2D eigenvalue weighted by Crippen LogP contribution is 2.40. The fraction of sp³-hybridized carbons (Fsp3) is 0.444. The molecule has 12 heteroatoms. The van der Waals surface area contributed by atoms with Crippen molar-refractivity contribution in [3.63, 3.8) is 0 Å². The number of alkyl halides is 1. The second-order valence-electron chi connectivity index (χ2n) is 10.2. The Morgan fingerprint density at radius 2 is 2.08 bits per heavy atom. The summed E-state index contributed by atoms with van der Waals surface area (Å²) in [4.78, 5) is 24.0. The topological polar surface area (TPSA) is 126 Å². The summed E-state index contributed by atoms with van der Waals surface area (Å²) < 4.78 is 42.0. The van der Waals surface area contributed by atoms with E-state index in [1.807, 2.05) is 11.8 Å². The van der Waals surface area contributed by atoms with Crippen LogP contribution in [0, 0.1) is 12.7 Å². The molecule has 0 spiro atoms. The monoisotopic (exact) mass is 540 g/mol. The number of pyridine rings is 2. The van der Waals surface area contributed by atoms with Crippen LogP contribution in [0.5, 0.6) is 5.88 Å². The minimum absolute atomic E-state index is 0.0626. The maximum Gasteiger partial charge on any atom is 0.413 e. The highest BCUT2D eigenvalue weighted by Gasteiger charge is 2.40. The molecule has 6 rings (SSSR count). The van der Waals surface area contributed by atoms with Crippen LogP contribution in [0.25, 0.3) is 21.9 Å². The van der Waals surface area contributed by atoms with Crippen molar-refractivity contribution in [2.75, 3.05) is 55.4 Å². The van der Waals surface area contributed by atoms with Gasteiger partial charge in [-0.1, -0.05) is 0 Å². The lowest BCUT2D eigenvalue weighted by molar-refractivity contribution is 0.0712. The number of rotatable bonds is 4. The van der Waals surface area contributed by atoms with Crippen LogP contribution < -0.4 is 20.7 Å². The predicted molar refractivity (Wildman–Crippen MR) is 143 cm³/mol. The van der Waals surface area contributed by atoms with Gasteiger partial charge in [-0.25, -0.2) is 23.5 Å². The zero-order chi connectivity index (χ0) is 27.3. The number of carboxylic acid groups (broad SMARTS) is 1. The van der Waals surface area contributed by atoms with Crippen LogP contribution in [0.1, 0.15) is 18.4 Å². The highest BCUT2D eigenvalue weighted by atomic mass is 19.1. The van der Waals surface area contributed by atoms with Crippen LogP contribution in [0.3, 0.4) is 0 Å². The van der Waals surface area contributed by atoms with Crippen LogP contribution in [-0.4, -0.2) is 83.8 Å². The van der Waals surface area contributed by atoms with Crippen LogP contribution >= 0.6 is 0 Å². The molecule has 2 saturated heterocycles. The van der Waals surface area contributed by atoms with Gasteiger partial charge in [-0.3, -0.25) is 9.80 Å². The van der Waals surface area contributed by atoms with Gasteiger partial charge >= 0.3 is 6.09 Å². The molecule has 0 unspecified atom stereocenters. The van der Waals surface area contributed by atoms with Crippen molar-refractivity contribution in [3.05, 3.63) is 35.9 Å². The quantitative estimate of drug-likeness (QED) is 0.424. The average molecular weight is 541 g/mol. The second kappa shape index (κ2) is 10.1. The summed E-state index contributed by atoms with van der Waals surface area (Å²) in [7, 11) is 0. The number of amides is 1. The van der Waals surface area contributed by atoms with Gasteiger partial charge in [0, 0.05) is 61.2 Å². The van der Waals surface area contributed by atoms with E-state index in [4.69, 9.17) is 15.2 Å². The third-order valence-electron chi connectivity index (χ3n) is 7.97. The largest absolute Gasteiger partial charge is 0.474 e. The lowest BCUT2D eigenvalue weighted by Crippen LogP contribution is -2.56. The number of piperidine rings is 1. The number of benzene rings is 1. The first-order valence-corrected chi connectivity index (χ1v) is 13.1. The smallest absolute Gasteiger partial charge is 0.413 e. The third-order valence-corrected chi connectivity index (χ3v) is 7.97. The van der Waals surface area contributed by atoms with Crippen molar-refractivity contribution in [2.24, 2.45) is 0 Å². The molecule has 3 aromatic rings. The van der Waals surface area contributed by atoms with Gasteiger partial charge in [0.05, 0.1) is 18.3 Å². The Morgan fingerprint density at radius 3 is 2.82 bits per heavy atom. The van der Waals surface area contributed by atoms with E-state index in [1.54, 1.807) is 6.07 Å². The number of carbonyl (C=O) groups is 1. The lowest BCUT2D eigenvalue weighted by Gasteiger charge is -2.41. The van der Waals surface area contributed by atoms with Gasteiger partial charge in [-0.05, 0) is 42.8 Å². The van der Waals surface area contributed by atoms with E-state index in [1.165, 1.54) is 18.5 Å². The first-order valence-electron chi connectivity index (χ1n) is 13.1. The summed E-state index contributed by atoms with van der Waals surface area (Å²) in [6.45, 7) is 4.83. The minimum atomic E-state index is -1.40. The number of nitrogens with two attached hydrogens (primary N) is 1. The molecule has 1 amide bonds. The highest BCUT2D eigenvalue weighted by molar-refractivity contribution is 5.99. The molecule has 3 aliphatic rings. The number of aromatic nitrogens is 2. The molecule has 206 valence electrons. The van der Waals surface area contributed by atoms with E-state index in [2.05, 4.69) is 15.3 Å². The number of anilines is 3. The van der Waals surface area contributed by atoms with Crippen molar-refractivity contribution in [1.82, 2.24) is 14.9 Å². The molecule has 1 aromatic carbocycles. The Hall–Kier alpha value is -3.77. The number of hydrogen-bond acceptors (Lipinski definition) is 8. The lowest BCUT2D eigenvalue weighted by atomic mass is 9.96. The van der Waals surface area contributed by atoms with E-state index in [0.717, 1.165) is 16.9 Å². The van der Waals surface area contributed by atoms with Crippen molar-refractivity contribution in [3.8, 4) is 17.0 Å². The molecule has 0 saturated carbocycles. The number of nitrogen functional groups attached to an aromatic ring is 1. The average Bonchev–Trinajstić information content (AvgIpc) is 3.47. The Kier molecular flexibility index (Phi) is 6.59. The Morgan fingerprint density at radius 1 is 1.23 bits per heavy atom. The van der Waals surface area contributed by atoms with Gasteiger partial charge in [0.1, 0.15) is 24.3 Å². The summed E-state index contributed by atoms with van der Waals surface area (Å²) in [5.74, 6) is -0.110. The number of nitrogens with one attached hydrogen (secondary N) is 1. The summed E-state index contributed by atoms with van der Waals surface area (Å²) >= 11 is 0. The molecule has 0 aliphatic carbocycles. The number of ether oxygens (including phenoxy) is 2. The van der Waals surface area contributed by atoms with Crippen molar-refractivity contribution in [1.29, 1.82) is 0 Å². The SMILES string of the molecule is Cc1c(-c2cc3cc(N(C(=O)O)[C@H]4CCN([C@@H]5CCOC5)C[C@H]4F)ncc3c(N)c2F)cnc2c1NCCO2. The predicted octanol–water partition coefficient (Wildman–Crippen LogP) is 3.82. The van der Waals surface area contributed by atoms with Crippen LogP contribution in [0.4, 0.5) is 30.8 Å². The van der Waals surface area contributed by atoms with Gasteiger partial charge in [-0.15, -0.1) is 0 Å². The summed E-state index contributed by atoms with van der Waals surface area (Å²) in [6.07, 6.45) is 1.33. The molecule has 3 aliphatic heterocycles. The number of nitrogens with zero attached hydrogens (tertiary/aromatic N) is 4. The normalized spacial score (nSPS) is 23.2. The van der Waals surface area contributed by atoms with Gasteiger partial charge in [0.25, 0.3) is 0 Å². The molecule has 2 fully saturated rings. The Bertz CT molecular complexity index is 1430. The van der Waals surface area contributed by atoms with Crippen molar-refractivity contribution < 1.29 is 28.2 Å². The van der Waals surface area contributed by atoms with Gasteiger partial charge < -0.3 is 25.6 Å². The summed E-state index contributed by atoms with van der Waals surface area (Å²) in [6, 6.07) is 2.37. The maximum atomic E-state index is 15.5.